The lowest BCUT2D eigenvalue weighted by Crippen LogP contribution is -2.43. The summed E-state index contributed by atoms with van der Waals surface area (Å²) in [4.78, 5) is 26.7. The first-order valence-corrected chi connectivity index (χ1v) is 17.6. The Hall–Kier alpha value is -4.80. The molecule has 1 amide bonds. The van der Waals surface area contributed by atoms with E-state index in [0.29, 0.717) is 37.3 Å². The van der Waals surface area contributed by atoms with E-state index < -0.39 is 58.1 Å². The molecule has 0 spiro atoms. The van der Waals surface area contributed by atoms with Crippen molar-refractivity contribution in [1.29, 1.82) is 5.26 Å². The fourth-order valence-corrected chi connectivity index (χ4v) is 9.01. The molecule has 7 rings (SSSR count). The third kappa shape index (κ3) is 5.91. The van der Waals surface area contributed by atoms with Gasteiger partial charge in [0.05, 0.1) is 21.4 Å². The van der Waals surface area contributed by atoms with Crippen molar-refractivity contribution < 1.29 is 35.9 Å². The third-order valence-electron chi connectivity index (χ3n) is 10.4. The van der Waals surface area contributed by atoms with E-state index in [1.807, 2.05) is 11.0 Å². The average molecular weight is 742 g/mol. The van der Waals surface area contributed by atoms with Crippen molar-refractivity contribution in [3.05, 3.63) is 41.0 Å². The van der Waals surface area contributed by atoms with E-state index >= 15 is 17.6 Å². The number of nitrogens with two attached hydrogens (primary N) is 1. The molecule has 0 radical (unpaired) electrons. The summed E-state index contributed by atoms with van der Waals surface area (Å²) in [5, 5.41) is 9.21. The van der Waals surface area contributed by atoms with Crippen molar-refractivity contribution in [3.63, 3.8) is 0 Å². The van der Waals surface area contributed by atoms with Crippen LogP contribution in [0.1, 0.15) is 50.7 Å². The number of carbonyl (C=O) groups is 1. The SMILES string of the molecule is CC#CC(=O)N1CCC(N(CC)c2nc(OCC34CCCN3CC(F)C4)nc3c(F)c(-c4ccc(F)c5sc(N)c(C#N)c45)c(C(F)(F)F)cc23)C1. The van der Waals surface area contributed by atoms with E-state index in [1.165, 1.54) is 11.8 Å². The molecular formula is C36H33F6N7O2S. The molecule has 2 aromatic carbocycles. The van der Waals surface area contributed by atoms with Crippen molar-refractivity contribution in [1.82, 2.24) is 19.8 Å². The van der Waals surface area contributed by atoms with Gasteiger partial charge in [-0.2, -0.15) is 28.4 Å². The van der Waals surface area contributed by atoms with Crippen molar-refractivity contribution >= 4 is 49.1 Å². The number of nitrogens with zero attached hydrogens (tertiary/aromatic N) is 6. The van der Waals surface area contributed by atoms with Gasteiger partial charge < -0.3 is 20.3 Å². The predicted octanol–water partition coefficient (Wildman–Crippen LogP) is 6.67. The number of anilines is 2. The van der Waals surface area contributed by atoms with Crippen LogP contribution in [0, 0.1) is 34.8 Å². The van der Waals surface area contributed by atoms with Gasteiger partial charge in [-0.3, -0.25) is 9.69 Å². The number of aromatic nitrogens is 2. The Kier molecular flexibility index (Phi) is 9.11. The van der Waals surface area contributed by atoms with Gasteiger partial charge in [-0.05, 0) is 63.3 Å². The number of nitriles is 1. The zero-order valence-corrected chi connectivity index (χ0v) is 29.0. The first-order chi connectivity index (χ1) is 24.8. The molecule has 9 nitrogen and oxygen atoms in total. The number of hydrogen-bond donors (Lipinski definition) is 1. The molecule has 16 heteroatoms. The van der Waals surface area contributed by atoms with Crippen LogP contribution in [0.25, 0.3) is 32.1 Å². The van der Waals surface area contributed by atoms with Gasteiger partial charge in [0, 0.05) is 55.0 Å². The average Bonchev–Trinajstić information content (AvgIpc) is 3.87. The quantitative estimate of drug-likeness (QED) is 0.165. The lowest BCUT2D eigenvalue weighted by atomic mass is 9.92. The molecule has 2 aromatic heterocycles. The molecule has 3 aliphatic rings. The number of amides is 1. The normalized spacial score (nSPS) is 21.7. The van der Waals surface area contributed by atoms with Crippen LogP contribution in [0.5, 0.6) is 6.01 Å². The number of ether oxygens (including phenoxy) is 1. The number of halogens is 6. The molecule has 3 fully saturated rings. The monoisotopic (exact) mass is 741 g/mol. The van der Waals surface area contributed by atoms with Crippen LogP contribution < -0.4 is 15.4 Å². The van der Waals surface area contributed by atoms with E-state index in [9.17, 15) is 18.8 Å². The fraction of sp³-hybridized carbons (Fsp3) is 0.444. The highest BCUT2D eigenvalue weighted by molar-refractivity contribution is 7.23. The first kappa shape index (κ1) is 35.6. The van der Waals surface area contributed by atoms with Gasteiger partial charge in [0.2, 0.25) is 0 Å². The number of likely N-dealkylation sites (N-methyl/N-ethyl adjacent to an activating group) is 1. The second-order valence-electron chi connectivity index (χ2n) is 13.3. The van der Waals surface area contributed by atoms with Crippen molar-refractivity contribution in [2.75, 3.05) is 50.0 Å². The van der Waals surface area contributed by atoms with Gasteiger partial charge in [0.15, 0.2) is 5.82 Å². The molecule has 3 saturated heterocycles. The third-order valence-corrected chi connectivity index (χ3v) is 11.4. The number of alkyl halides is 4. The summed E-state index contributed by atoms with van der Waals surface area (Å²) in [6.07, 6.45) is -4.06. The molecule has 272 valence electrons. The summed E-state index contributed by atoms with van der Waals surface area (Å²) < 4.78 is 97.8. The van der Waals surface area contributed by atoms with Crippen LogP contribution in [-0.4, -0.2) is 82.8 Å². The van der Waals surface area contributed by atoms with Gasteiger partial charge in [-0.15, -0.1) is 11.3 Å². The number of likely N-dealkylation sites (tertiary alicyclic amines) is 1. The summed E-state index contributed by atoms with van der Waals surface area (Å²) in [5.41, 5.74) is 1.84. The Morgan fingerprint density at radius 3 is 2.73 bits per heavy atom. The molecule has 0 saturated carbocycles. The summed E-state index contributed by atoms with van der Waals surface area (Å²) in [5.74, 6) is 2.42. The second kappa shape index (κ2) is 13.3. The molecule has 3 unspecified atom stereocenters. The van der Waals surface area contributed by atoms with Crippen LogP contribution in [0.2, 0.25) is 0 Å². The summed E-state index contributed by atoms with van der Waals surface area (Å²) >= 11 is 0.676. The summed E-state index contributed by atoms with van der Waals surface area (Å²) in [6, 6.07) is 3.73. The van der Waals surface area contributed by atoms with Crippen molar-refractivity contribution in [3.8, 4) is 35.0 Å². The van der Waals surface area contributed by atoms with Gasteiger partial charge in [0.1, 0.15) is 41.0 Å². The van der Waals surface area contributed by atoms with Gasteiger partial charge in [-0.1, -0.05) is 12.0 Å². The lowest BCUT2D eigenvalue weighted by molar-refractivity contribution is -0.137. The number of fused-ring (bicyclic) bond motifs is 3. The highest BCUT2D eigenvalue weighted by Gasteiger charge is 2.49. The standard InChI is InChI=1S/C36H33F6N7O2S/c1-3-6-26(50)47-12-9-20(17-47)49(4-2)33-22-13-24(36(40,41)42)28(21-7-8-25(38)31-27(21)23(15-43)32(44)52-31)29(39)30(22)45-34(46-33)51-18-35-10-5-11-48(35)16-19(37)14-35/h7-8,13,19-20H,4-5,9-12,14,16-18,44H2,1-2H3. The molecule has 3 atom stereocenters. The highest BCUT2D eigenvalue weighted by Crippen LogP contribution is 2.48. The van der Waals surface area contributed by atoms with Gasteiger partial charge in [-0.25, -0.2) is 13.2 Å². The minimum atomic E-state index is -5.13. The van der Waals surface area contributed by atoms with Crippen LogP contribution >= 0.6 is 11.3 Å². The first-order valence-electron chi connectivity index (χ1n) is 16.8. The lowest BCUT2D eigenvalue weighted by Gasteiger charge is -2.32. The Morgan fingerprint density at radius 2 is 2.02 bits per heavy atom. The molecule has 3 aliphatic heterocycles. The van der Waals surface area contributed by atoms with Gasteiger partial charge in [0.25, 0.3) is 5.91 Å². The predicted molar refractivity (Wildman–Crippen MR) is 184 cm³/mol. The maximum atomic E-state index is 17.2. The highest BCUT2D eigenvalue weighted by atomic mass is 32.1. The van der Waals surface area contributed by atoms with E-state index in [-0.39, 0.29) is 76.1 Å². The van der Waals surface area contributed by atoms with Crippen LogP contribution in [0.3, 0.4) is 0 Å². The van der Waals surface area contributed by atoms with Crippen molar-refractivity contribution in [2.45, 2.75) is 63.5 Å². The smallest absolute Gasteiger partial charge is 0.417 e. The Bertz CT molecular complexity index is 2210. The molecule has 2 N–H and O–H groups in total. The molecule has 0 aliphatic carbocycles. The minimum Gasteiger partial charge on any atom is -0.461 e. The number of carbonyl (C=O) groups excluding carboxylic acids is 1. The fourth-order valence-electron chi connectivity index (χ4n) is 8.07. The number of nitrogen functional groups attached to an aromatic ring is 1. The maximum absolute atomic E-state index is 17.2. The topological polar surface area (TPSA) is 112 Å². The summed E-state index contributed by atoms with van der Waals surface area (Å²) in [7, 11) is 0. The van der Waals surface area contributed by atoms with E-state index in [0.717, 1.165) is 24.6 Å². The zero-order valence-electron chi connectivity index (χ0n) is 28.2. The van der Waals surface area contributed by atoms with Crippen LogP contribution in [0.15, 0.2) is 18.2 Å². The largest absolute Gasteiger partial charge is 0.461 e. The Labute approximate surface area is 298 Å². The number of benzene rings is 2. The van der Waals surface area contributed by atoms with Crippen LogP contribution in [0.4, 0.5) is 37.2 Å². The Balaban J connectivity index is 1.44. The maximum Gasteiger partial charge on any atom is 0.417 e. The van der Waals surface area contributed by atoms with E-state index in [2.05, 4.69) is 21.8 Å². The van der Waals surface area contributed by atoms with E-state index in [1.54, 1.807) is 11.8 Å². The van der Waals surface area contributed by atoms with E-state index in [4.69, 9.17) is 10.5 Å². The number of rotatable bonds is 7. The summed E-state index contributed by atoms with van der Waals surface area (Å²) in [6.45, 7) is 4.93. The zero-order chi connectivity index (χ0) is 37.1. The molecule has 52 heavy (non-hydrogen) atoms. The minimum absolute atomic E-state index is 0.0285. The van der Waals surface area contributed by atoms with Crippen molar-refractivity contribution in [2.24, 2.45) is 0 Å². The number of hydrogen-bond acceptors (Lipinski definition) is 9. The Morgan fingerprint density at radius 1 is 1.23 bits per heavy atom. The molecular weight excluding hydrogens is 708 g/mol. The second-order valence-corrected chi connectivity index (χ2v) is 14.4. The van der Waals surface area contributed by atoms with Crippen LogP contribution in [-0.2, 0) is 11.0 Å². The molecule has 0 bridgehead atoms. The molecule has 4 aromatic rings. The number of thiophene rings is 1. The van der Waals surface area contributed by atoms with Gasteiger partial charge >= 0.3 is 12.2 Å². The molecule has 5 heterocycles.